The third kappa shape index (κ3) is 4.03. The number of anilines is 1. The van der Waals surface area contributed by atoms with Crippen LogP contribution in [0.1, 0.15) is 39.2 Å². The van der Waals surface area contributed by atoms with Gasteiger partial charge in [0.15, 0.2) is 0 Å². The third-order valence-electron chi connectivity index (χ3n) is 6.36. The topological polar surface area (TPSA) is 68.5 Å². The Morgan fingerprint density at radius 1 is 1.19 bits per heavy atom. The molecule has 1 aromatic carbocycles. The minimum absolute atomic E-state index is 0.217. The first-order valence-electron chi connectivity index (χ1n) is 11.7. The van der Waals surface area contributed by atoms with Gasteiger partial charge in [0.25, 0.3) is 5.91 Å². The molecule has 3 aliphatic heterocycles. The Bertz CT molecular complexity index is 939. The van der Waals surface area contributed by atoms with Crippen LogP contribution >= 0.6 is 0 Å². The molecule has 3 amide bonds. The van der Waals surface area contributed by atoms with E-state index in [2.05, 4.69) is 47.6 Å². The number of nitrogens with zero attached hydrogens (tertiary/aromatic N) is 5. The molecule has 8 nitrogen and oxygen atoms in total. The van der Waals surface area contributed by atoms with Crippen LogP contribution in [0.25, 0.3) is 0 Å². The van der Waals surface area contributed by atoms with Gasteiger partial charge in [-0.25, -0.2) is 14.3 Å². The van der Waals surface area contributed by atoms with Crippen LogP contribution < -0.4 is 4.90 Å². The van der Waals surface area contributed by atoms with Crippen molar-refractivity contribution in [1.29, 1.82) is 0 Å². The summed E-state index contributed by atoms with van der Waals surface area (Å²) in [4.78, 5) is 36.1. The van der Waals surface area contributed by atoms with Crippen LogP contribution in [0, 0.1) is 5.92 Å². The summed E-state index contributed by atoms with van der Waals surface area (Å²) < 4.78 is 7.45. The zero-order valence-electron chi connectivity index (χ0n) is 19.6. The number of carbonyl (C=O) groups is 2. The molecule has 0 bridgehead atoms. The smallest absolute Gasteiger partial charge is 0.380 e. The molecule has 0 aromatic heterocycles. The van der Waals surface area contributed by atoms with Crippen LogP contribution in [-0.2, 0) is 16.0 Å². The van der Waals surface area contributed by atoms with Gasteiger partial charge in [-0.15, -0.1) is 0 Å². The van der Waals surface area contributed by atoms with E-state index >= 15 is 0 Å². The fourth-order valence-electron chi connectivity index (χ4n) is 4.65. The Hall–Kier alpha value is -2.74. The number of benzene rings is 1. The number of rotatable bonds is 8. The van der Waals surface area contributed by atoms with Crippen molar-refractivity contribution in [3.63, 3.8) is 0 Å². The summed E-state index contributed by atoms with van der Waals surface area (Å²) in [6.07, 6.45) is 3.45. The zero-order chi connectivity index (χ0) is 22.8. The molecular weight excluding hydrogens is 406 g/mol. The van der Waals surface area contributed by atoms with Crippen molar-refractivity contribution in [3.05, 3.63) is 29.8 Å². The van der Waals surface area contributed by atoms with Gasteiger partial charge in [0, 0.05) is 19.6 Å². The Balaban J connectivity index is 1.64. The van der Waals surface area contributed by atoms with Crippen LogP contribution in [0.4, 0.5) is 10.5 Å². The van der Waals surface area contributed by atoms with Gasteiger partial charge in [0.2, 0.25) is 11.9 Å². The van der Waals surface area contributed by atoms with E-state index < -0.39 is 6.04 Å². The number of unbranched alkanes of at least 4 members (excludes halogenated alkanes) is 1. The van der Waals surface area contributed by atoms with Gasteiger partial charge in [0.05, 0.1) is 26.2 Å². The average molecular weight is 441 g/mol. The SMILES string of the molecule is CCCCc1ccc(N2CC(C)C[N+]3=C2N=C2C3C(=O)N(CCOCC)C(=O)N2C)cc1. The summed E-state index contributed by atoms with van der Waals surface area (Å²) in [6.45, 7) is 8.98. The highest BCUT2D eigenvalue weighted by molar-refractivity contribution is 6.24. The predicted octanol–water partition coefficient (Wildman–Crippen LogP) is 2.57. The highest BCUT2D eigenvalue weighted by Crippen LogP contribution is 2.28. The maximum Gasteiger partial charge on any atom is 0.397 e. The molecule has 4 rings (SSSR count). The number of urea groups is 1. The highest BCUT2D eigenvalue weighted by Gasteiger charge is 2.54. The molecule has 172 valence electrons. The molecule has 0 radical (unpaired) electrons. The number of guanidine groups is 1. The van der Waals surface area contributed by atoms with E-state index in [0.717, 1.165) is 31.2 Å². The number of amides is 3. The minimum atomic E-state index is -0.566. The number of carbonyl (C=O) groups excluding carboxylic acids is 2. The molecule has 0 N–H and O–H groups in total. The predicted molar refractivity (Wildman–Crippen MR) is 124 cm³/mol. The second-order valence-electron chi connectivity index (χ2n) is 8.84. The standard InChI is InChI=1S/C24H34N5O3/c1-5-7-8-18-9-11-19(12-10-18)28-15-17(3)16-29-20-21(25-23(28)29)26(4)24(31)27(22(20)30)13-14-32-6-2/h9-12,17,20H,5-8,13-16H2,1-4H3/q+1. The number of ether oxygens (including phenoxy) is 1. The van der Waals surface area contributed by atoms with Gasteiger partial charge in [-0.3, -0.25) is 14.6 Å². The Labute approximate surface area is 190 Å². The van der Waals surface area contributed by atoms with E-state index in [1.54, 1.807) is 7.05 Å². The van der Waals surface area contributed by atoms with E-state index in [1.165, 1.54) is 28.2 Å². The number of aryl methyl sites for hydroxylation is 1. The van der Waals surface area contributed by atoms with Crippen LogP contribution in [-0.4, -0.2) is 84.0 Å². The Morgan fingerprint density at radius 2 is 1.94 bits per heavy atom. The monoisotopic (exact) mass is 440 g/mol. The molecule has 3 heterocycles. The lowest BCUT2D eigenvalue weighted by molar-refractivity contribution is -0.545. The van der Waals surface area contributed by atoms with Gasteiger partial charge in [-0.2, -0.15) is 0 Å². The Kier molecular flexibility index (Phi) is 6.60. The molecule has 3 aliphatic rings. The van der Waals surface area contributed by atoms with Crippen LogP contribution in [0.15, 0.2) is 29.3 Å². The lowest BCUT2D eigenvalue weighted by Crippen LogP contribution is -2.64. The molecule has 8 heteroatoms. The summed E-state index contributed by atoms with van der Waals surface area (Å²) in [7, 11) is 1.70. The van der Waals surface area contributed by atoms with Crippen LogP contribution in [0.3, 0.4) is 0 Å². The first-order chi connectivity index (χ1) is 15.5. The molecular formula is C24H34N5O3+. The molecule has 2 unspecified atom stereocenters. The number of hydrogen-bond acceptors (Lipinski definition) is 5. The molecule has 0 spiro atoms. The quantitative estimate of drug-likeness (QED) is 0.460. The number of aliphatic imine (C=N–C) groups is 1. The molecule has 32 heavy (non-hydrogen) atoms. The number of hydrogen-bond donors (Lipinski definition) is 0. The summed E-state index contributed by atoms with van der Waals surface area (Å²) in [6, 6.07) is 7.73. The van der Waals surface area contributed by atoms with Crippen molar-refractivity contribution in [2.45, 2.75) is 46.1 Å². The minimum Gasteiger partial charge on any atom is -0.380 e. The molecule has 2 atom stereocenters. The average Bonchev–Trinajstić information content (AvgIpc) is 3.18. The van der Waals surface area contributed by atoms with E-state index in [9.17, 15) is 9.59 Å². The number of likely N-dealkylation sites (N-methyl/N-ethyl adjacent to an activating group) is 1. The Morgan fingerprint density at radius 3 is 2.62 bits per heavy atom. The van der Waals surface area contributed by atoms with Crippen molar-refractivity contribution in [3.8, 4) is 0 Å². The fraction of sp³-hybridized carbons (Fsp3) is 0.583. The van der Waals surface area contributed by atoms with Crippen molar-refractivity contribution in [1.82, 2.24) is 9.80 Å². The molecule has 0 aliphatic carbocycles. The fourth-order valence-corrected chi connectivity index (χ4v) is 4.65. The number of fused-ring (bicyclic) bond motifs is 2. The van der Waals surface area contributed by atoms with Crippen molar-refractivity contribution < 1.29 is 18.9 Å². The highest BCUT2D eigenvalue weighted by atomic mass is 16.5. The van der Waals surface area contributed by atoms with Gasteiger partial charge in [-0.05, 0) is 37.5 Å². The van der Waals surface area contributed by atoms with Crippen LogP contribution in [0.2, 0.25) is 0 Å². The van der Waals surface area contributed by atoms with Crippen LogP contribution in [0.5, 0.6) is 0 Å². The number of amidine groups is 1. The summed E-state index contributed by atoms with van der Waals surface area (Å²) in [5.74, 6) is 1.40. The summed E-state index contributed by atoms with van der Waals surface area (Å²) in [5, 5.41) is 0. The molecule has 0 saturated carbocycles. The maximum absolute atomic E-state index is 13.4. The largest absolute Gasteiger partial charge is 0.397 e. The maximum atomic E-state index is 13.4. The van der Waals surface area contributed by atoms with Gasteiger partial charge in [0.1, 0.15) is 5.69 Å². The van der Waals surface area contributed by atoms with E-state index in [0.29, 0.717) is 25.0 Å². The lowest BCUT2D eigenvalue weighted by atomic mass is 10.1. The zero-order valence-corrected chi connectivity index (χ0v) is 19.6. The third-order valence-corrected chi connectivity index (χ3v) is 6.36. The normalized spacial score (nSPS) is 23.0. The summed E-state index contributed by atoms with van der Waals surface area (Å²) >= 11 is 0. The first-order valence-corrected chi connectivity index (χ1v) is 11.7. The van der Waals surface area contributed by atoms with Gasteiger partial charge < -0.3 is 4.74 Å². The molecule has 1 aromatic rings. The van der Waals surface area contributed by atoms with Crippen molar-refractivity contribution in [2.75, 3.05) is 44.8 Å². The second-order valence-corrected chi connectivity index (χ2v) is 8.84. The van der Waals surface area contributed by atoms with Crippen molar-refractivity contribution >= 4 is 29.4 Å². The lowest BCUT2D eigenvalue weighted by Gasteiger charge is -2.35. The molecule has 1 saturated heterocycles. The number of imide groups is 1. The van der Waals surface area contributed by atoms with E-state index in [1.807, 2.05) is 6.92 Å². The van der Waals surface area contributed by atoms with Gasteiger partial charge in [-0.1, -0.05) is 37.4 Å². The van der Waals surface area contributed by atoms with Gasteiger partial charge >= 0.3 is 12.0 Å². The van der Waals surface area contributed by atoms with E-state index in [4.69, 9.17) is 9.73 Å². The van der Waals surface area contributed by atoms with E-state index in [-0.39, 0.29) is 18.5 Å². The first kappa shape index (κ1) is 22.5. The summed E-state index contributed by atoms with van der Waals surface area (Å²) in [5.41, 5.74) is 2.40. The molecule has 1 fully saturated rings. The second kappa shape index (κ2) is 9.40. The van der Waals surface area contributed by atoms with Crippen molar-refractivity contribution in [2.24, 2.45) is 10.9 Å².